The predicted molar refractivity (Wildman–Crippen MR) is 84.8 cm³/mol. The molecule has 2 N–H and O–H groups in total. The number of amides is 1. The zero-order chi connectivity index (χ0) is 16.1. The maximum absolute atomic E-state index is 12.0. The number of hydrazine groups is 1. The Morgan fingerprint density at radius 2 is 1.86 bits per heavy atom. The summed E-state index contributed by atoms with van der Waals surface area (Å²) in [6.45, 7) is 5.33. The van der Waals surface area contributed by atoms with E-state index in [9.17, 15) is 4.79 Å². The van der Waals surface area contributed by atoms with Crippen LogP contribution in [0.2, 0.25) is 5.02 Å². The largest absolute Gasteiger partial charge is 0.479 e. The second-order valence-corrected chi connectivity index (χ2v) is 5.19. The number of hydrogen-bond acceptors (Lipinski definition) is 5. The van der Waals surface area contributed by atoms with Crippen molar-refractivity contribution in [3.8, 4) is 5.75 Å². The van der Waals surface area contributed by atoms with E-state index in [-0.39, 0.29) is 5.91 Å². The number of benzene rings is 1. The molecule has 1 atom stereocenters. The van der Waals surface area contributed by atoms with Crippen LogP contribution in [0.4, 0.5) is 5.95 Å². The molecule has 1 aromatic carbocycles. The number of nitrogens with zero attached hydrogens (tertiary/aromatic N) is 2. The number of carbonyl (C=O) groups excluding carboxylic acids is 1. The minimum atomic E-state index is -0.724. The minimum Gasteiger partial charge on any atom is -0.479 e. The summed E-state index contributed by atoms with van der Waals surface area (Å²) >= 11 is 5.99. The lowest BCUT2D eigenvalue weighted by molar-refractivity contribution is -0.126. The van der Waals surface area contributed by atoms with Gasteiger partial charge < -0.3 is 4.74 Å². The molecule has 1 heterocycles. The third kappa shape index (κ3) is 4.33. The fourth-order valence-electron chi connectivity index (χ4n) is 1.79. The Morgan fingerprint density at radius 3 is 2.50 bits per heavy atom. The minimum absolute atomic E-state index is 0.329. The van der Waals surface area contributed by atoms with E-state index in [4.69, 9.17) is 16.3 Å². The first-order valence-electron chi connectivity index (χ1n) is 6.75. The average Bonchev–Trinajstić information content (AvgIpc) is 2.46. The molecule has 0 aliphatic carbocycles. The molecule has 0 aliphatic heterocycles. The lowest BCUT2D eigenvalue weighted by atomic mass is 10.3. The molecule has 0 saturated carbocycles. The number of nitrogens with one attached hydrogen (secondary N) is 2. The fourth-order valence-corrected chi connectivity index (χ4v) is 1.97. The van der Waals surface area contributed by atoms with Gasteiger partial charge in [0, 0.05) is 11.4 Å². The van der Waals surface area contributed by atoms with E-state index in [2.05, 4.69) is 20.8 Å². The number of rotatable bonds is 5. The number of aromatic nitrogens is 2. The molecule has 7 heteroatoms. The highest BCUT2D eigenvalue weighted by molar-refractivity contribution is 6.32. The van der Waals surface area contributed by atoms with E-state index in [0.29, 0.717) is 16.7 Å². The number of hydrogen-bond donors (Lipinski definition) is 2. The van der Waals surface area contributed by atoms with Crippen LogP contribution in [0.1, 0.15) is 18.3 Å². The second-order valence-electron chi connectivity index (χ2n) is 4.78. The van der Waals surface area contributed by atoms with Gasteiger partial charge in [0.1, 0.15) is 5.75 Å². The van der Waals surface area contributed by atoms with Crippen LogP contribution in [0, 0.1) is 13.8 Å². The Morgan fingerprint density at radius 1 is 1.23 bits per heavy atom. The van der Waals surface area contributed by atoms with Crippen molar-refractivity contribution in [2.24, 2.45) is 0 Å². The number of para-hydroxylation sites is 1. The lowest BCUT2D eigenvalue weighted by Crippen LogP contribution is -2.40. The first kappa shape index (κ1) is 16.0. The maximum atomic E-state index is 12.0. The molecule has 0 spiro atoms. The first-order chi connectivity index (χ1) is 10.5. The SMILES string of the molecule is Cc1cc(C)nc(NNC(=O)C(C)Oc2ccccc2Cl)n1. The Bertz CT molecular complexity index is 658. The van der Waals surface area contributed by atoms with Gasteiger partial charge in [-0.3, -0.25) is 15.6 Å². The standard InChI is InChI=1S/C15H17ClN4O2/c1-9-8-10(2)18-15(17-9)20-19-14(21)11(3)22-13-7-5-4-6-12(13)16/h4-8,11H,1-3H3,(H,19,21)(H,17,18,20). The zero-order valence-electron chi connectivity index (χ0n) is 12.6. The molecule has 1 aromatic heterocycles. The molecule has 6 nitrogen and oxygen atoms in total. The Balaban J connectivity index is 1.93. The Hall–Kier alpha value is -2.34. The average molecular weight is 321 g/mol. The van der Waals surface area contributed by atoms with Gasteiger partial charge in [-0.05, 0) is 39.0 Å². The van der Waals surface area contributed by atoms with Gasteiger partial charge >= 0.3 is 0 Å². The van der Waals surface area contributed by atoms with Crippen LogP contribution in [-0.4, -0.2) is 22.0 Å². The molecule has 2 rings (SSSR count). The summed E-state index contributed by atoms with van der Waals surface area (Å²) in [5, 5.41) is 0.452. The number of carbonyl (C=O) groups is 1. The molecule has 0 saturated heterocycles. The van der Waals surface area contributed by atoms with Crippen molar-refractivity contribution < 1.29 is 9.53 Å². The highest BCUT2D eigenvalue weighted by atomic mass is 35.5. The molecular weight excluding hydrogens is 304 g/mol. The summed E-state index contributed by atoms with van der Waals surface area (Å²) < 4.78 is 5.52. The van der Waals surface area contributed by atoms with Gasteiger partial charge in [-0.15, -0.1) is 0 Å². The molecule has 1 unspecified atom stereocenters. The van der Waals surface area contributed by atoms with E-state index < -0.39 is 6.10 Å². The van der Waals surface area contributed by atoms with Gasteiger partial charge in [0.05, 0.1) is 5.02 Å². The molecule has 116 valence electrons. The quantitative estimate of drug-likeness (QED) is 0.828. The topological polar surface area (TPSA) is 76.1 Å². The Kier molecular flexibility index (Phi) is 5.16. The molecule has 1 amide bonds. The number of anilines is 1. The molecule has 22 heavy (non-hydrogen) atoms. The third-order valence-corrected chi connectivity index (χ3v) is 3.10. The van der Waals surface area contributed by atoms with E-state index >= 15 is 0 Å². The molecular formula is C15H17ClN4O2. The summed E-state index contributed by atoms with van der Waals surface area (Å²) in [5.74, 6) is 0.424. The number of aryl methyl sites for hydroxylation is 2. The molecule has 0 bridgehead atoms. The van der Waals surface area contributed by atoms with Gasteiger partial charge in [0.15, 0.2) is 6.10 Å². The summed E-state index contributed by atoms with van der Waals surface area (Å²) in [4.78, 5) is 20.3. The van der Waals surface area contributed by atoms with Crippen LogP contribution in [-0.2, 0) is 4.79 Å². The van der Waals surface area contributed by atoms with Crippen molar-refractivity contribution in [3.63, 3.8) is 0 Å². The van der Waals surface area contributed by atoms with Gasteiger partial charge in [0.2, 0.25) is 5.95 Å². The van der Waals surface area contributed by atoms with Gasteiger partial charge in [-0.1, -0.05) is 23.7 Å². The Labute approximate surface area is 133 Å². The van der Waals surface area contributed by atoms with Crippen LogP contribution >= 0.6 is 11.6 Å². The molecule has 0 radical (unpaired) electrons. The number of halogens is 1. The van der Waals surface area contributed by atoms with E-state index in [1.165, 1.54) is 0 Å². The maximum Gasteiger partial charge on any atom is 0.279 e. The van der Waals surface area contributed by atoms with Gasteiger partial charge in [-0.2, -0.15) is 0 Å². The normalized spacial score (nSPS) is 11.6. The van der Waals surface area contributed by atoms with Gasteiger partial charge in [-0.25, -0.2) is 9.97 Å². The van der Waals surface area contributed by atoms with Crippen molar-refractivity contribution in [2.75, 3.05) is 5.43 Å². The van der Waals surface area contributed by atoms with Crippen molar-refractivity contribution in [3.05, 3.63) is 46.7 Å². The second kappa shape index (κ2) is 7.09. The first-order valence-corrected chi connectivity index (χ1v) is 7.13. The van der Waals surface area contributed by atoms with Crippen LogP contribution in [0.3, 0.4) is 0 Å². The van der Waals surface area contributed by atoms with Crippen LogP contribution in [0.5, 0.6) is 5.75 Å². The number of ether oxygens (including phenoxy) is 1. The fraction of sp³-hybridized carbons (Fsp3) is 0.267. The van der Waals surface area contributed by atoms with E-state index in [0.717, 1.165) is 11.4 Å². The third-order valence-electron chi connectivity index (χ3n) is 2.79. The van der Waals surface area contributed by atoms with Crippen molar-refractivity contribution in [1.29, 1.82) is 0 Å². The summed E-state index contributed by atoms with van der Waals surface area (Å²) in [5.41, 5.74) is 6.80. The lowest BCUT2D eigenvalue weighted by Gasteiger charge is -2.16. The zero-order valence-corrected chi connectivity index (χ0v) is 13.3. The van der Waals surface area contributed by atoms with Crippen molar-refractivity contribution >= 4 is 23.5 Å². The van der Waals surface area contributed by atoms with E-state index in [1.54, 1.807) is 31.2 Å². The molecule has 2 aromatic rings. The van der Waals surface area contributed by atoms with Crippen molar-refractivity contribution in [1.82, 2.24) is 15.4 Å². The smallest absolute Gasteiger partial charge is 0.279 e. The van der Waals surface area contributed by atoms with Crippen molar-refractivity contribution in [2.45, 2.75) is 26.9 Å². The molecule has 0 aliphatic rings. The highest BCUT2D eigenvalue weighted by Gasteiger charge is 2.16. The van der Waals surface area contributed by atoms with Crippen LogP contribution < -0.4 is 15.6 Å². The summed E-state index contributed by atoms with van der Waals surface area (Å²) in [6.07, 6.45) is -0.724. The van der Waals surface area contributed by atoms with Crippen LogP contribution in [0.25, 0.3) is 0 Å². The summed E-state index contributed by atoms with van der Waals surface area (Å²) in [7, 11) is 0. The predicted octanol–water partition coefficient (Wildman–Crippen LogP) is 2.66. The monoisotopic (exact) mass is 320 g/mol. The molecule has 0 fully saturated rings. The van der Waals surface area contributed by atoms with Gasteiger partial charge in [0.25, 0.3) is 5.91 Å². The van der Waals surface area contributed by atoms with E-state index in [1.807, 2.05) is 19.9 Å². The highest BCUT2D eigenvalue weighted by Crippen LogP contribution is 2.24. The van der Waals surface area contributed by atoms with Crippen LogP contribution in [0.15, 0.2) is 30.3 Å². The summed E-state index contributed by atoms with van der Waals surface area (Å²) in [6, 6.07) is 8.82.